The second-order valence-electron chi connectivity index (χ2n) is 28.2. The van der Waals surface area contributed by atoms with Crippen molar-refractivity contribution in [2.24, 2.45) is 9.98 Å². The van der Waals surface area contributed by atoms with Crippen molar-refractivity contribution in [3.63, 3.8) is 0 Å². The number of phenolic OH excluding ortho intramolecular Hbond substituents is 2. The second kappa shape index (κ2) is 64.6. The zero-order valence-corrected chi connectivity index (χ0v) is 66.2. The molecule has 0 aliphatic heterocycles. The predicted octanol–water partition coefficient (Wildman–Crippen LogP) is 26.1. The maximum absolute atomic E-state index is 11.2. The molecule has 0 atom stereocenters. The molecule has 10 nitrogen and oxygen atoms in total. The molecule has 4 rings (SSSR count). The van der Waals surface area contributed by atoms with Gasteiger partial charge in [0.1, 0.15) is 17.2 Å². The van der Waals surface area contributed by atoms with E-state index in [9.17, 15) is 19.8 Å². The number of carbonyl (C=O) groups is 2. The van der Waals surface area contributed by atoms with E-state index in [1.165, 1.54) is 291 Å². The van der Waals surface area contributed by atoms with Gasteiger partial charge >= 0.3 is 28.4 Å². The molecule has 4 N–H and O–H groups in total. The van der Waals surface area contributed by atoms with E-state index >= 15 is 0 Å². The average Bonchev–Trinajstić information content (AvgIpc) is 0.844. The fraction of sp³-hybridized carbons (Fsp3) is 0.648. The Kier molecular flexibility index (Phi) is 59.5. The molecule has 0 heterocycles. The molecule has 0 radical (unpaired) electrons. The topological polar surface area (TPSA) is 186 Å². The minimum absolute atomic E-state index is 0. The van der Waals surface area contributed by atoms with Crippen molar-refractivity contribution in [2.45, 2.75) is 382 Å². The number of carboxylic acid groups (broad SMARTS) is 2. The van der Waals surface area contributed by atoms with Crippen LogP contribution in [0.4, 0.5) is 11.4 Å². The number of nitrogens with zero attached hydrogens (tertiary/aromatic N) is 2. The number of phenols is 2. The number of hydrogen-bond donors (Lipinski definition) is 4. The molecule has 0 saturated carbocycles. The fourth-order valence-corrected chi connectivity index (χ4v) is 13.1. The molecule has 0 unspecified atom stereocenters. The van der Waals surface area contributed by atoms with Crippen molar-refractivity contribution in [3.05, 3.63) is 106 Å². The zero-order chi connectivity index (χ0) is 73.6. The maximum Gasteiger partial charge on any atom is 2.00 e. The normalized spacial score (nSPS) is 11.2. The van der Waals surface area contributed by atoms with Gasteiger partial charge < -0.3 is 30.6 Å². The van der Waals surface area contributed by atoms with Crippen LogP contribution >= 0.6 is 0 Å². The van der Waals surface area contributed by atoms with Crippen LogP contribution in [0.1, 0.15) is 399 Å². The number of aromatic carboxylic acids is 2. The van der Waals surface area contributed by atoms with Crippen LogP contribution in [0.2, 0.25) is 0 Å². The minimum Gasteiger partial charge on any atom is -0.869 e. The average molecular weight is 1450 g/mol. The molecule has 4 aromatic carbocycles. The Morgan fingerprint density at radius 1 is 0.363 bits per heavy atom. The number of aliphatic imine (C=N–C) groups is 2. The SMILES string of the molecule is CCCCCCCCCCCCCCCCCCCCC#CCCc1ccccc1N=C(CCCCC)C(C#CCCCCCCCCCCCCCCCCCCCCCC)=Nc1ccc(CCC)c(CCC)c1.CCc1ccc(O)c([O-])c1C(=O)O.CCc1ccc(O)c([O-])c1C(=O)O.[Ni+2]. The quantitative estimate of drug-likeness (QED) is 0.0146. The second-order valence-corrected chi connectivity index (χ2v) is 28.2. The number of carboxylic acids is 2. The summed E-state index contributed by atoms with van der Waals surface area (Å²) in [6, 6.07) is 21.0. The van der Waals surface area contributed by atoms with Gasteiger partial charge in [0.2, 0.25) is 0 Å². The maximum atomic E-state index is 11.2. The first-order chi connectivity index (χ1) is 49.3. The first-order valence-electron chi connectivity index (χ1n) is 41.1. The van der Waals surface area contributed by atoms with E-state index in [0.29, 0.717) is 24.0 Å². The third kappa shape index (κ3) is 44.6. The van der Waals surface area contributed by atoms with Crippen LogP contribution in [0.5, 0.6) is 23.0 Å². The van der Waals surface area contributed by atoms with Gasteiger partial charge in [-0.25, -0.2) is 14.6 Å². The molecule has 0 saturated heterocycles. The van der Waals surface area contributed by atoms with Gasteiger partial charge in [0, 0.05) is 19.3 Å². The summed E-state index contributed by atoms with van der Waals surface area (Å²) in [5.41, 5.74) is 8.38. The molecule has 0 bridgehead atoms. The van der Waals surface area contributed by atoms with E-state index in [1.807, 2.05) is 0 Å². The summed E-state index contributed by atoms with van der Waals surface area (Å²) in [6.07, 6.45) is 67.1. The van der Waals surface area contributed by atoms with E-state index in [2.05, 4.69) is 101 Å². The Balaban J connectivity index is 0.00000158. The largest absolute Gasteiger partial charge is 2.00 e. The van der Waals surface area contributed by atoms with Crippen molar-refractivity contribution in [2.75, 3.05) is 0 Å². The fourth-order valence-electron chi connectivity index (χ4n) is 13.1. The van der Waals surface area contributed by atoms with Crippen LogP contribution in [-0.2, 0) is 48.6 Å². The number of aryl methyl sites for hydroxylation is 5. The van der Waals surface area contributed by atoms with Gasteiger partial charge in [-0.05, 0) is 122 Å². The minimum atomic E-state index is -1.29. The zero-order valence-electron chi connectivity index (χ0n) is 65.3. The van der Waals surface area contributed by atoms with Crippen LogP contribution in [0.25, 0.3) is 0 Å². The molecule has 0 amide bonds. The number of benzene rings is 4. The molecule has 11 heteroatoms. The number of aromatic hydroxyl groups is 2. The summed E-state index contributed by atoms with van der Waals surface area (Å²) >= 11 is 0. The van der Waals surface area contributed by atoms with Crippen LogP contribution in [0.3, 0.4) is 0 Å². The number of unbranched alkanes of at least 4 members (excludes halogenated alkanes) is 40. The standard InChI is InChI=1S/C73H122N2.2C9H10O4.Ni/c1-6-11-14-16-18-20-22-24-26-28-30-32-34-36-38-40-42-44-46-48-50-53-59-68-60-55-56-61-71(68)75-73(62-52-13-8-3)72(74-70-65-64-67(57-9-4)69(66-70)58-10-5)63-54-51-49-47-45-43-41-39-37-35-33-31-29-27-25-23-21-19-17-15-12-7-2;2*1-2-5-3-4-6(10)8(11)7(5)9(12)13;/h55-56,60-61,64-66H,6-47,49,51-53,57-59,62H2,1-5H3;2*3-4,10-11H,2H2,1H3,(H,12,13);/q;;;+2/p-2. The van der Waals surface area contributed by atoms with Gasteiger partial charge in [-0.1, -0.05) is 359 Å². The molecule has 0 aliphatic rings. The van der Waals surface area contributed by atoms with Crippen molar-refractivity contribution in [3.8, 4) is 46.7 Å². The number of rotatable bonds is 55. The van der Waals surface area contributed by atoms with Gasteiger partial charge in [-0.3, -0.25) is 4.99 Å². The Hall–Kier alpha value is -6.03. The summed E-state index contributed by atoms with van der Waals surface area (Å²) in [6.45, 7) is 15.0. The summed E-state index contributed by atoms with van der Waals surface area (Å²) in [7, 11) is 0. The molecule has 4 aromatic rings. The van der Waals surface area contributed by atoms with E-state index in [1.54, 1.807) is 13.8 Å². The Labute approximate surface area is 632 Å². The Bertz CT molecular complexity index is 2930. The summed E-state index contributed by atoms with van der Waals surface area (Å²) in [4.78, 5) is 32.2. The molecular formula is C91H140N2NiO8. The van der Waals surface area contributed by atoms with Gasteiger partial charge in [-0.2, -0.15) is 0 Å². The predicted molar refractivity (Wildman–Crippen MR) is 427 cm³/mol. The van der Waals surface area contributed by atoms with Gasteiger partial charge in [0.05, 0.1) is 28.2 Å². The van der Waals surface area contributed by atoms with E-state index < -0.39 is 34.9 Å². The van der Waals surface area contributed by atoms with E-state index in [-0.39, 0.29) is 27.6 Å². The van der Waals surface area contributed by atoms with Crippen LogP contribution < -0.4 is 10.2 Å². The van der Waals surface area contributed by atoms with Crippen LogP contribution in [0.15, 0.2) is 76.7 Å². The summed E-state index contributed by atoms with van der Waals surface area (Å²) in [5, 5.41) is 57.7. The monoisotopic (exact) mass is 1450 g/mol. The molecular weight excluding hydrogens is 1310 g/mol. The third-order valence-electron chi connectivity index (χ3n) is 19.3. The summed E-state index contributed by atoms with van der Waals surface area (Å²) in [5.74, 6) is 9.07. The molecule has 0 aromatic heterocycles. The van der Waals surface area contributed by atoms with Crippen LogP contribution in [-0.4, -0.2) is 43.8 Å². The molecule has 0 spiro atoms. The number of hydrogen-bond acceptors (Lipinski definition) is 8. The molecule has 572 valence electrons. The molecule has 102 heavy (non-hydrogen) atoms. The van der Waals surface area contributed by atoms with Crippen molar-refractivity contribution >= 4 is 34.7 Å². The summed E-state index contributed by atoms with van der Waals surface area (Å²) < 4.78 is 0. The van der Waals surface area contributed by atoms with Gasteiger partial charge in [0.25, 0.3) is 0 Å². The third-order valence-corrected chi connectivity index (χ3v) is 19.3. The first-order valence-corrected chi connectivity index (χ1v) is 41.1. The smallest absolute Gasteiger partial charge is 0.869 e. The van der Waals surface area contributed by atoms with Gasteiger partial charge in [0.15, 0.2) is 0 Å². The molecule has 0 aliphatic carbocycles. The number of para-hydroxylation sites is 1. The van der Waals surface area contributed by atoms with Crippen molar-refractivity contribution in [1.29, 1.82) is 0 Å². The van der Waals surface area contributed by atoms with Crippen molar-refractivity contribution in [1.82, 2.24) is 0 Å². The van der Waals surface area contributed by atoms with Crippen LogP contribution in [0, 0.1) is 23.7 Å². The van der Waals surface area contributed by atoms with Gasteiger partial charge in [-0.15, -0.1) is 11.8 Å². The molecule has 0 fully saturated rings. The van der Waals surface area contributed by atoms with E-state index in [0.717, 1.165) is 93.4 Å². The Morgan fingerprint density at radius 3 is 1.11 bits per heavy atom. The Morgan fingerprint density at radius 2 is 0.716 bits per heavy atom. The van der Waals surface area contributed by atoms with Crippen molar-refractivity contribution < 1.29 is 56.7 Å². The first kappa shape index (κ1) is 94.0. The van der Waals surface area contributed by atoms with E-state index in [4.69, 9.17) is 30.4 Å².